The number of nitrogens with zero attached hydrogens (tertiary/aromatic N) is 1. The molecule has 3 aromatic carbocycles. The summed E-state index contributed by atoms with van der Waals surface area (Å²) in [6, 6.07) is 21.0. The van der Waals surface area contributed by atoms with Crippen molar-refractivity contribution in [3.63, 3.8) is 0 Å². The largest absolute Gasteiger partial charge is 0.493 e. The molecule has 1 unspecified atom stereocenters. The lowest BCUT2D eigenvalue weighted by molar-refractivity contribution is -0.143. The Balaban J connectivity index is 1.96. The van der Waals surface area contributed by atoms with E-state index >= 15 is 0 Å². The lowest BCUT2D eigenvalue weighted by Gasteiger charge is -2.34. The molecule has 0 bridgehead atoms. The lowest BCUT2D eigenvalue weighted by atomic mass is 10.0. The molecule has 196 valence electrons. The number of benzene rings is 3. The number of hydrogen-bond donors (Lipinski definition) is 1. The predicted octanol–water partition coefficient (Wildman–Crippen LogP) is 5.94. The highest BCUT2D eigenvalue weighted by Gasteiger charge is 2.32. The second-order valence-electron chi connectivity index (χ2n) is 9.65. The molecule has 0 saturated heterocycles. The quantitative estimate of drug-likeness (QED) is 0.344. The minimum absolute atomic E-state index is 0.139. The normalized spacial score (nSPS) is 11.9. The Morgan fingerprint density at radius 2 is 1.54 bits per heavy atom. The van der Waals surface area contributed by atoms with Crippen LogP contribution in [0.5, 0.6) is 11.5 Å². The van der Waals surface area contributed by atoms with E-state index in [-0.39, 0.29) is 25.0 Å². The SMILES string of the molecule is COc1ccccc1OCC(=O)N(Cc1ccc(Cl)c(Cl)c1)C(Cc1ccccc1)C(=O)NC(C)(C)C. The van der Waals surface area contributed by atoms with Gasteiger partial charge in [-0.3, -0.25) is 9.59 Å². The third-order valence-corrected chi connectivity index (χ3v) is 6.27. The van der Waals surface area contributed by atoms with Crippen LogP contribution in [0, 0.1) is 0 Å². The fourth-order valence-electron chi connectivity index (χ4n) is 3.80. The van der Waals surface area contributed by atoms with Crippen LogP contribution in [-0.2, 0) is 22.6 Å². The van der Waals surface area contributed by atoms with Crippen molar-refractivity contribution in [3.8, 4) is 11.5 Å². The first-order valence-corrected chi connectivity index (χ1v) is 12.7. The fourth-order valence-corrected chi connectivity index (χ4v) is 4.12. The zero-order chi connectivity index (χ0) is 27.0. The van der Waals surface area contributed by atoms with Crippen LogP contribution in [0.2, 0.25) is 10.0 Å². The smallest absolute Gasteiger partial charge is 0.261 e. The van der Waals surface area contributed by atoms with E-state index in [1.54, 1.807) is 36.4 Å². The van der Waals surface area contributed by atoms with Crippen LogP contribution in [0.3, 0.4) is 0 Å². The Morgan fingerprint density at radius 3 is 2.16 bits per heavy atom. The molecule has 3 aromatic rings. The van der Waals surface area contributed by atoms with Gasteiger partial charge in [-0.05, 0) is 56.2 Å². The average Bonchev–Trinajstić information content (AvgIpc) is 2.86. The van der Waals surface area contributed by atoms with E-state index < -0.39 is 11.6 Å². The van der Waals surface area contributed by atoms with E-state index in [4.69, 9.17) is 32.7 Å². The summed E-state index contributed by atoms with van der Waals surface area (Å²) in [5, 5.41) is 3.81. The van der Waals surface area contributed by atoms with Gasteiger partial charge in [0.1, 0.15) is 6.04 Å². The first-order valence-electron chi connectivity index (χ1n) is 11.9. The minimum atomic E-state index is -0.801. The highest BCUT2D eigenvalue weighted by molar-refractivity contribution is 6.42. The molecule has 0 aliphatic heterocycles. The Labute approximate surface area is 228 Å². The zero-order valence-corrected chi connectivity index (χ0v) is 23.0. The van der Waals surface area contributed by atoms with Crippen molar-refractivity contribution >= 4 is 35.0 Å². The van der Waals surface area contributed by atoms with Gasteiger partial charge in [-0.15, -0.1) is 0 Å². The lowest BCUT2D eigenvalue weighted by Crippen LogP contribution is -2.55. The number of carbonyl (C=O) groups excluding carboxylic acids is 2. The van der Waals surface area contributed by atoms with E-state index in [1.165, 1.54) is 12.0 Å². The molecule has 8 heteroatoms. The van der Waals surface area contributed by atoms with Crippen LogP contribution in [0.4, 0.5) is 0 Å². The second kappa shape index (κ2) is 12.8. The standard InChI is InChI=1S/C29H32Cl2N2O4/c1-29(2,3)32-28(35)24(17-20-10-6-5-7-11-20)33(18-21-14-15-22(30)23(31)16-21)27(34)19-37-26-13-9-8-12-25(26)36-4/h5-16,24H,17-19H2,1-4H3,(H,32,35). The average molecular weight is 543 g/mol. The summed E-state index contributed by atoms with van der Waals surface area (Å²) in [5.41, 5.74) is 1.17. The van der Waals surface area contributed by atoms with Gasteiger partial charge in [0.2, 0.25) is 5.91 Å². The molecule has 1 atom stereocenters. The number of ether oxygens (including phenoxy) is 2. The monoisotopic (exact) mass is 542 g/mol. The van der Waals surface area contributed by atoms with Gasteiger partial charge in [-0.2, -0.15) is 0 Å². The molecular formula is C29H32Cl2N2O4. The van der Waals surface area contributed by atoms with Gasteiger partial charge in [0.15, 0.2) is 18.1 Å². The van der Waals surface area contributed by atoms with Gasteiger partial charge in [0.25, 0.3) is 5.91 Å². The maximum atomic E-state index is 13.7. The van der Waals surface area contributed by atoms with Crippen molar-refractivity contribution < 1.29 is 19.1 Å². The molecule has 0 radical (unpaired) electrons. The zero-order valence-electron chi connectivity index (χ0n) is 21.5. The summed E-state index contributed by atoms with van der Waals surface area (Å²) < 4.78 is 11.2. The fraction of sp³-hybridized carbons (Fsp3) is 0.310. The molecular weight excluding hydrogens is 511 g/mol. The molecule has 1 N–H and O–H groups in total. The van der Waals surface area contributed by atoms with Crippen LogP contribution in [0.1, 0.15) is 31.9 Å². The van der Waals surface area contributed by atoms with Gasteiger partial charge in [-0.1, -0.05) is 71.7 Å². The van der Waals surface area contributed by atoms with Crippen LogP contribution < -0.4 is 14.8 Å². The van der Waals surface area contributed by atoms with Crippen molar-refractivity contribution in [3.05, 3.63) is 94.0 Å². The van der Waals surface area contributed by atoms with Crippen LogP contribution >= 0.6 is 23.2 Å². The summed E-state index contributed by atoms with van der Waals surface area (Å²) in [6.07, 6.45) is 0.324. The molecule has 0 aliphatic carbocycles. The van der Waals surface area contributed by atoms with Gasteiger partial charge in [0.05, 0.1) is 17.2 Å². The molecule has 2 amide bonds. The van der Waals surface area contributed by atoms with E-state index in [1.807, 2.05) is 57.2 Å². The number of halogens is 2. The van der Waals surface area contributed by atoms with Gasteiger partial charge in [-0.25, -0.2) is 0 Å². The Hall–Kier alpha value is -3.22. The molecule has 0 saturated carbocycles. The highest BCUT2D eigenvalue weighted by atomic mass is 35.5. The molecule has 0 fully saturated rings. The Bertz CT molecular complexity index is 1210. The Kier molecular flexibility index (Phi) is 9.84. The third-order valence-electron chi connectivity index (χ3n) is 5.53. The van der Waals surface area contributed by atoms with Gasteiger partial charge in [0, 0.05) is 18.5 Å². The van der Waals surface area contributed by atoms with E-state index in [9.17, 15) is 9.59 Å². The van der Waals surface area contributed by atoms with Crippen molar-refractivity contribution in [2.45, 2.75) is 45.3 Å². The Morgan fingerprint density at radius 1 is 0.892 bits per heavy atom. The van der Waals surface area contributed by atoms with Crippen molar-refractivity contribution in [2.24, 2.45) is 0 Å². The molecule has 3 rings (SSSR count). The molecule has 0 aliphatic rings. The molecule has 37 heavy (non-hydrogen) atoms. The highest BCUT2D eigenvalue weighted by Crippen LogP contribution is 2.27. The summed E-state index contributed by atoms with van der Waals surface area (Å²) in [7, 11) is 1.54. The number of rotatable bonds is 10. The predicted molar refractivity (Wildman–Crippen MR) is 147 cm³/mol. The van der Waals surface area contributed by atoms with Crippen LogP contribution in [0.25, 0.3) is 0 Å². The minimum Gasteiger partial charge on any atom is -0.493 e. The molecule has 0 heterocycles. The summed E-state index contributed by atoms with van der Waals surface area (Å²) in [4.78, 5) is 28.8. The maximum absolute atomic E-state index is 13.7. The first-order chi connectivity index (χ1) is 17.6. The number of amides is 2. The number of methoxy groups -OCH3 is 1. The summed E-state index contributed by atoms with van der Waals surface area (Å²) in [6.45, 7) is 5.57. The maximum Gasteiger partial charge on any atom is 0.261 e. The van der Waals surface area contributed by atoms with Crippen molar-refractivity contribution in [2.75, 3.05) is 13.7 Å². The van der Waals surface area contributed by atoms with E-state index in [0.29, 0.717) is 28.0 Å². The summed E-state index contributed by atoms with van der Waals surface area (Å²) in [5.74, 6) is 0.327. The molecule has 0 aromatic heterocycles. The van der Waals surface area contributed by atoms with E-state index in [2.05, 4.69) is 5.32 Å². The third kappa shape index (κ3) is 8.41. The summed E-state index contributed by atoms with van der Waals surface area (Å²) >= 11 is 12.4. The van der Waals surface area contributed by atoms with Gasteiger partial charge >= 0.3 is 0 Å². The van der Waals surface area contributed by atoms with Gasteiger partial charge < -0.3 is 19.7 Å². The number of nitrogens with one attached hydrogen (secondary N) is 1. The second-order valence-corrected chi connectivity index (χ2v) is 10.5. The molecule has 0 spiro atoms. The van der Waals surface area contributed by atoms with Crippen LogP contribution in [-0.4, -0.2) is 42.0 Å². The molecule has 6 nitrogen and oxygen atoms in total. The first kappa shape index (κ1) is 28.4. The van der Waals surface area contributed by atoms with Crippen molar-refractivity contribution in [1.29, 1.82) is 0 Å². The topological polar surface area (TPSA) is 67.9 Å². The number of hydrogen-bond acceptors (Lipinski definition) is 4. The van der Waals surface area contributed by atoms with Crippen LogP contribution in [0.15, 0.2) is 72.8 Å². The number of carbonyl (C=O) groups is 2. The van der Waals surface area contributed by atoms with Crippen molar-refractivity contribution in [1.82, 2.24) is 10.2 Å². The number of para-hydroxylation sites is 2. The van der Waals surface area contributed by atoms with E-state index in [0.717, 1.165) is 11.1 Å².